The molecule has 0 amide bonds. The molecular weight excluding hydrogens is 256 g/mol. The summed E-state index contributed by atoms with van der Waals surface area (Å²) >= 11 is 0. The standard InChI is InChI=1S/C19H22N2/c1-13-11-14(2)15(3)17(12-13)19(4)16-7-6-9-20-18(16)8-10-21(19)5/h6-12H,1-5H3. The van der Waals surface area contributed by atoms with Gasteiger partial charge in [-0.15, -0.1) is 0 Å². The molecule has 3 rings (SSSR count). The van der Waals surface area contributed by atoms with Gasteiger partial charge in [-0.05, 0) is 56.5 Å². The van der Waals surface area contributed by atoms with Crippen molar-refractivity contribution < 1.29 is 0 Å². The average molecular weight is 278 g/mol. The van der Waals surface area contributed by atoms with Crippen LogP contribution in [0, 0.1) is 20.8 Å². The van der Waals surface area contributed by atoms with Crippen molar-refractivity contribution in [2.75, 3.05) is 7.05 Å². The number of hydrogen-bond acceptors (Lipinski definition) is 2. The lowest BCUT2D eigenvalue weighted by Crippen LogP contribution is -2.42. The largest absolute Gasteiger partial charge is 0.367 e. The second-order valence-corrected chi connectivity index (χ2v) is 6.19. The van der Waals surface area contributed by atoms with Crippen molar-refractivity contribution in [3.63, 3.8) is 0 Å². The van der Waals surface area contributed by atoms with E-state index in [9.17, 15) is 0 Å². The molecule has 0 fully saturated rings. The van der Waals surface area contributed by atoms with Gasteiger partial charge in [0.1, 0.15) is 0 Å². The molecule has 0 radical (unpaired) electrons. The predicted octanol–water partition coefficient (Wildman–Crippen LogP) is 4.19. The number of pyridine rings is 1. The van der Waals surface area contributed by atoms with Gasteiger partial charge >= 0.3 is 0 Å². The topological polar surface area (TPSA) is 16.1 Å². The first-order chi connectivity index (χ1) is 9.94. The van der Waals surface area contributed by atoms with Crippen molar-refractivity contribution >= 4 is 6.08 Å². The number of fused-ring (bicyclic) bond motifs is 1. The van der Waals surface area contributed by atoms with Crippen LogP contribution in [0.4, 0.5) is 0 Å². The van der Waals surface area contributed by atoms with Gasteiger partial charge in [0.2, 0.25) is 0 Å². The zero-order valence-corrected chi connectivity index (χ0v) is 13.4. The second-order valence-electron chi connectivity index (χ2n) is 6.19. The van der Waals surface area contributed by atoms with Crippen LogP contribution >= 0.6 is 0 Å². The summed E-state index contributed by atoms with van der Waals surface area (Å²) in [6.07, 6.45) is 6.09. The van der Waals surface area contributed by atoms with E-state index in [4.69, 9.17) is 0 Å². The minimum Gasteiger partial charge on any atom is -0.367 e. The number of nitrogens with zero attached hydrogens (tertiary/aromatic N) is 2. The molecule has 0 saturated heterocycles. The molecule has 0 bridgehead atoms. The van der Waals surface area contributed by atoms with Gasteiger partial charge in [0.05, 0.1) is 11.2 Å². The highest BCUT2D eigenvalue weighted by molar-refractivity contribution is 5.59. The van der Waals surface area contributed by atoms with Crippen molar-refractivity contribution in [3.8, 4) is 0 Å². The summed E-state index contributed by atoms with van der Waals surface area (Å²) in [5, 5.41) is 0. The minimum atomic E-state index is -0.181. The molecule has 2 heterocycles. The van der Waals surface area contributed by atoms with E-state index in [0.29, 0.717) is 0 Å². The summed E-state index contributed by atoms with van der Waals surface area (Å²) in [4.78, 5) is 6.83. The zero-order valence-electron chi connectivity index (χ0n) is 13.4. The van der Waals surface area contributed by atoms with Gasteiger partial charge < -0.3 is 4.90 Å². The lowest BCUT2D eigenvalue weighted by Gasteiger charge is -2.43. The van der Waals surface area contributed by atoms with Crippen molar-refractivity contribution in [2.24, 2.45) is 0 Å². The molecule has 1 atom stereocenters. The normalized spacial score (nSPS) is 20.5. The summed E-state index contributed by atoms with van der Waals surface area (Å²) < 4.78 is 0. The van der Waals surface area contributed by atoms with Gasteiger partial charge in [-0.25, -0.2) is 0 Å². The maximum Gasteiger partial charge on any atom is 0.0892 e. The summed E-state index contributed by atoms with van der Waals surface area (Å²) in [6.45, 7) is 8.87. The number of benzene rings is 1. The molecule has 1 aromatic heterocycles. The summed E-state index contributed by atoms with van der Waals surface area (Å²) in [5.74, 6) is 0. The molecule has 108 valence electrons. The Hall–Kier alpha value is -2.09. The molecule has 2 aromatic rings. The molecule has 1 aromatic carbocycles. The Labute approximate surface area is 127 Å². The molecule has 2 heteroatoms. The molecule has 1 aliphatic heterocycles. The van der Waals surface area contributed by atoms with Gasteiger partial charge in [0.25, 0.3) is 0 Å². The SMILES string of the molecule is Cc1cc(C)c(C)c(C2(C)c3cccnc3C=CN2C)c1. The Morgan fingerprint density at radius 2 is 1.86 bits per heavy atom. The molecular formula is C19H22N2. The molecule has 2 nitrogen and oxygen atoms in total. The van der Waals surface area contributed by atoms with Crippen LogP contribution in [-0.4, -0.2) is 16.9 Å². The van der Waals surface area contributed by atoms with Gasteiger partial charge in [0, 0.05) is 25.0 Å². The molecule has 21 heavy (non-hydrogen) atoms. The molecule has 0 spiro atoms. The Morgan fingerprint density at radius 3 is 2.62 bits per heavy atom. The fourth-order valence-corrected chi connectivity index (χ4v) is 3.36. The maximum absolute atomic E-state index is 4.54. The Balaban J connectivity index is 2.32. The number of rotatable bonds is 1. The van der Waals surface area contributed by atoms with Crippen LogP contribution in [0.2, 0.25) is 0 Å². The minimum absolute atomic E-state index is 0.181. The number of hydrogen-bond donors (Lipinski definition) is 0. The Morgan fingerprint density at radius 1 is 1.10 bits per heavy atom. The highest BCUT2D eigenvalue weighted by Gasteiger charge is 2.37. The first-order valence-electron chi connectivity index (χ1n) is 7.39. The summed E-state index contributed by atoms with van der Waals surface area (Å²) in [7, 11) is 2.14. The van der Waals surface area contributed by atoms with Gasteiger partial charge in [-0.3, -0.25) is 4.98 Å². The van der Waals surface area contributed by atoms with Crippen LogP contribution < -0.4 is 0 Å². The van der Waals surface area contributed by atoms with Crippen molar-refractivity contribution in [2.45, 2.75) is 33.2 Å². The Kier molecular flexibility index (Phi) is 3.12. The van der Waals surface area contributed by atoms with E-state index in [-0.39, 0.29) is 5.54 Å². The smallest absolute Gasteiger partial charge is 0.0892 e. The number of aryl methyl sites for hydroxylation is 2. The first-order valence-corrected chi connectivity index (χ1v) is 7.39. The van der Waals surface area contributed by atoms with Crippen LogP contribution in [0.25, 0.3) is 6.08 Å². The third kappa shape index (κ3) is 1.98. The molecule has 1 unspecified atom stereocenters. The van der Waals surface area contributed by atoms with Gasteiger partial charge in [0.15, 0.2) is 0 Å². The van der Waals surface area contributed by atoms with Crippen molar-refractivity contribution in [1.82, 2.24) is 9.88 Å². The van der Waals surface area contributed by atoms with E-state index in [1.54, 1.807) is 0 Å². The quantitative estimate of drug-likeness (QED) is 0.777. The van der Waals surface area contributed by atoms with Gasteiger partial charge in [-0.1, -0.05) is 23.8 Å². The van der Waals surface area contributed by atoms with Gasteiger partial charge in [-0.2, -0.15) is 0 Å². The van der Waals surface area contributed by atoms with Crippen LogP contribution in [0.5, 0.6) is 0 Å². The lowest BCUT2D eigenvalue weighted by molar-refractivity contribution is 0.249. The highest BCUT2D eigenvalue weighted by Crippen LogP contribution is 2.41. The third-order valence-corrected chi connectivity index (χ3v) is 4.86. The van der Waals surface area contributed by atoms with Crippen LogP contribution in [-0.2, 0) is 5.54 Å². The molecule has 0 aliphatic carbocycles. The lowest BCUT2D eigenvalue weighted by atomic mass is 9.77. The van der Waals surface area contributed by atoms with E-state index in [2.05, 4.69) is 75.1 Å². The van der Waals surface area contributed by atoms with E-state index in [1.807, 2.05) is 12.3 Å². The summed E-state index contributed by atoms with van der Waals surface area (Å²) in [6, 6.07) is 8.79. The van der Waals surface area contributed by atoms with E-state index < -0.39 is 0 Å². The molecule has 1 aliphatic rings. The van der Waals surface area contributed by atoms with E-state index >= 15 is 0 Å². The van der Waals surface area contributed by atoms with Crippen molar-refractivity contribution in [3.05, 3.63) is 70.2 Å². The fraction of sp³-hybridized carbons (Fsp3) is 0.316. The van der Waals surface area contributed by atoms with Crippen molar-refractivity contribution in [1.29, 1.82) is 0 Å². The van der Waals surface area contributed by atoms with E-state index in [0.717, 1.165) is 5.69 Å². The first kappa shape index (κ1) is 13.9. The average Bonchev–Trinajstić information content (AvgIpc) is 2.47. The number of aromatic nitrogens is 1. The van der Waals surface area contributed by atoms with E-state index in [1.165, 1.54) is 27.8 Å². The predicted molar refractivity (Wildman–Crippen MR) is 88.1 cm³/mol. The monoisotopic (exact) mass is 278 g/mol. The highest BCUT2D eigenvalue weighted by atomic mass is 15.2. The Bertz CT molecular complexity index is 730. The molecule has 0 saturated carbocycles. The molecule has 0 N–H and O–H groups in total. The zero-order chi connectivity index (χ0) is 15.2. The van der Waals surface area contributed by atoms with Crippen LogP contribution in [0.1, 0.15) is 40.4 Å². The maximum atomic E-state index is 4.54. The van der Waals surface area contributed by atoms with Crippen LogP contribution in [0.3, 0.4) is 0 Å². The van der Waals surface area contributed by atoms with Crippen LogP contribution in [0.15, 0.2) is 36.7 Å². The summed E-state index contributed by atoms with van der Waals surface area (Å²) in [5.41, 5.74) is 7.53. The third-order valence-electron chi connectivity index (χ3n) is 4.86. The second kappa shape index (κ2) is 4.73. The fourth-order valence-electron chi connectivity index (χ4n) is 3.36.